The molecule has 0 atom stereocenters. The van der Waals surface area contributed by atoms with E-state index < -0.39 is 10.0 Å². The van der Waals surface area contributed by atoms with Crippen molar-refractivity contribution in [2.75, 3.05) is 24.8 Å². The fraction of sp³-hybridized carbons (Fsp3) is 0.364. The minimum Gasteiger partial charge on any atom is -0.454 e. The van der Waals surface area contributed by atoms with Crippen molar-refractivity contribution in [1.82, 2.24) is 29.2 Å². The Kier molecular flexibility index (Phi) is 6.73. The van der Waals surface area contributed by atoms with Gasteiger partial charge in [-0.25, -0.2) is 33.1 Å². The smallest absolute Gasteiger partial charge is 0.231 e. The molecule has 0 radical (unpaired) electrons. The highest BCUT2D eigenvalue weighted by Crippen LogP contribution is 2.44. The van der Waals surface area contributed by atoms with E-state index in [-0.39, 0.29) is 30.8 Å². The molecule has 3 N–H and O–H groups in total. The molecule has 0 spiro atoms. The number of rotatable bonds is 10. The molecule has 0 saturated carbocycles. The molecule has 12 nitrogen and oxygen atoms in total. The third-order valence-electron chi connectivity index (χ3n) is 5.30. The van der Waals surface area contributed by atoms with Gasteiger partial charge in [-0.05, 0) is 24.5 Å². The van der Waals surface area contributed by atoms with E-state index in [2.05, 4.69) is 19.7 Å². The van der Waals surface area contributed by atoms with Crippen molar-refractivity contribution in [1.29, 1.82) is 0 Å². The highest BCUT2D eigenvalue weighted by atomic mass is 32.2. The highest BCUT2D eigenvalue weighted by Gasteiger charge is 2.23. The van der Waals surface area contributed by atoms with Crippen LogP contribution in [0.5, 0.6) is 11.5 Å². The molecule has 4 aromatic rings. The standard InChI is InChI=1S/C22H25N7O5S2/c1-13(2)10-36(30,31)27-4-3-6-29-20-18(19(23)25-11-26-20)28-22(29)35-17-9-16-15(33-12-34-16)8-14(17)21-24-5-7-32-21/h5,7-9,11,13,27H,3-4,6,10,12H2,1-2H3,(H2,23,25,26). The van der Waals surface area contributed by atoms with E-state index in [1.165, 1.54) is 24.4 Å². The highest BCUT2D eigenvalue weighted by molar-refractivity contribution is 7.99. The number of hydrogen-bond donors (Lipinski definition) is 2. The molecule has 0 fully saturated rings. The maximum atomic E-state index is 12.2. The normalized spacial score (nSPS) is 13.2. The summed E-state index contributed by atoms with van der Waals surface area (Å²) in [6.07, 6.45) is 4.98. The Morgan fingerprint density at radius 2 is 2.00 bits per heavy atom. The number of anilines is 1. The molecular formula is C22H25N7O5S2. The molecule has 3 aromatic heterocycles. The lowest BCUT2D eigenvalue weighted by Crippen LogP contribution is -2.29. The second-order valence-electron chi connectivity index (χ2n) is 8.54. The van der Waals surface area contributed by atoms with Crippen LogP contribution in [0.25, 0.3) is 22.6 Å². The summed E-state index contributed by atoms with van der Waals surface area (Å²) in [7, 11) is -3.34. The van der Waals surface area contributed by atoms with Gasteiger partial charge in [0, 0.05) is 18.0 Å². The SMILES string of the molecule is CC(C)CS(=O)(=O)NCCCn1c(Sc2cc3c(cc2-c2ncco2)OCO3)nc2c(N)ncnc21. The first-order chi connectivity index (χ1) is 17.3. The first-order valence-corrected chi connectivity index (χ1v) is 13.7. The molecule has 1 aliphatic heterocycles. The molecule has 190 valence electrons. The van der Waals surface area contributed by atoms with Gasteiger partial charge < -0.3 is 24.2 Å². The fourth-order valence-corrected chi connectivity index (χ4v) is 6.30. The fourth-order valence-electron chi connectivity index (χ4n) is 3.81. The van der Waals surface area contributed by atoms with Gasteiger partial charge in [0.25, 0.3) is 0 Å². The zero-order valence-electron chi connectivity index (χ0n) is 19.7. The van der Waals surface area contributed by atoms with Crippen LogP contribution < -0.4 is 19.9 Å². The second kappa shape index (κ2) is 9.95. The molecular weight excluding hydrogens is 506 g/mol. The Morgan fingerprint density at radius 3 is 2.75 bits per heavy atom. The molecule has 0 bridgehead atoms. The summed E-state index contributed by atoms with van der Waals surface area (Å²) >= 11 is 1.37. The van der Waals surface area contributed by atoms with E-state index in [1.54, 1.807) is 6.20 Å². The van der Waals surface area contributed by atoms with Crippen LogP contribution in [0.1, 0.15) is 20.3 Å². The van der Waals surface area contributed by atoms with E-state index in [4.69, 9.17) is 24.6 Å². The van der Waals surface area contributed by atoms with Crippen molar-refractivity contribution in [3.8, 4) is 23.0 Å². The molecule has 4 heterocycles. The summed E-state index contributed by atoms with van der Waals surface area (Å²) < 4.78 is 45.6. The van der Waals surface area contributed by atoms with Gasteiger partial charge in [0.1, 0.15) is 12.6 Å². The summed E-state index contributed by atoms with van der Waals surface area (Å²) in [5.41, 5.74) is 7.83. The van der Waals surface area contributed by atoms with Crippen LogP contribution in [0.2, 0.25) is 0 Å². The predicted molar refractivity (Wildman–Crippen MR) is 133 cm³/mol. The maximum Gasteiger partial charge on any atom is 0.231 e. The van der Waals surface area contributed by atoms with Crippen LogP contribution in [0.3, 0.4) is 0 Å². The largest absolute Gasteiger partial charge is 0.454 e. The summed E-state index contributed by atoms with van der Waals surface area (Å²) in [5, 5.41) is 0.605. The van der Waals surface area contributed by atoms with Crippen LogP contribution >= 0.6 is 11.8 Å². The van der Waals surface area contributed by atoms with Gasteiger partial charge in [0.05, 0.1) is 17.5 Å². The Hall–Kier alpha value is -3.36. The van der Waals surface area contributed by atoms with E-state index >= 15 is 0 Å². The van der Waals surface area contributed by atoms with Gasteiger partial charge in [0.15, 0.2) is 33.6 Å². The van der Waals surface area contributed by atoms with E-state index in [9.17, 15) is 8.42 Å². The van der Waals surface area contributed by atoms with Gasteiger partial charge in [-0.1, -0.05) is 25.6 Å². The van der Waals surface area contributed by atoms with Gasteiger partial charge in [-0.3, -0.25) is 0 Å². The van der Waals surface area contributed by atoms with E-state index in [1.807, 2.05) is 30.5 Å². The van der Waals surface area contributed by atoms with Gasteiger partial charge in [0.2, 0.25) is 22.7 Å². The van der Waals surface area contributed by atoms with Crippen molar-refractivity contribution in [2.45, 2.75) is 36.9 Å². The molecule has 1 aliphatic rings. The number of aryl methyl sites for hydroxylation is 1. The second-order valence-corrected chi connectivity index (χ2v) is 11.4. The molecule has 1 aromatic carbocycles. The Bertz CT molecular complexity index is 1490. The Balaban J connectivity index is 1.45. The number of fused-ring (bicyclic) bond motifs is 2. The number of nitrogens with zero attached hydrogens (tertiary/aromatic N) is 5. The molecule has 5 rings (SSSR count). The Labute approximate surface area is 211 Å². The summed E-state index contributed by atoms with van der Waals surface area (Å²) in [6.45, 7) is 4.61. The lowest BCUT2D eigenvalue weighted by molar-refractivity contribution is 0.174. The molecule has 0 unspecified atom stereocenters. The number of sulfonamides is 1. The number of nitrogen functional groups attached to an aromatic ring is 1. The molecule has 36 heavy (non-hydrogen) atoms. The lowest BCUT2D eigenvalue weighted by atomic mass is 10.2. The third kappa shape index (κ3) is 5.10. The van der Waals surface area contributed by atoms with Crippen molar-refractivity contribution in [2.24, 2.45) is 5.92 Å². The topological polar surface area (TPSA) is 160 Å². The number of aromatic nitrogens is 5. The van der Waals surface area contributed by atoms with Crippen LogP contribution in [0, 0.1) is 5.92 Å². The summed E-state index contributed by atoms with van der Waals surface area (Å²) in [4.78, 5) is 18.2. The van der Waals surface area contributed by atoms with Crippen LogP contribution in [-0.2, 0) is 16.6 Å². The van der Waals surface area contributed by atoms with Gasteiger partial charge in [-0.15, -0.1) is 0 Å². The lowest BCUT2D eigenvalue weighted by Gasteiger charge is -2.12. The molecule has 0 aliphatic carbocycles. The van der Waals surface area contributed by atoms with E-state index in [0.29, 0.717) is 52.2 Å². The number of benzene rings is 1. The quantitative estimate of drug-likeness (QED) is 0.290. The number of oxazole rings is 1. The number of ether oxygens (including phenoxy) is 2. The molecule has 14 heteroatoms. The maximum absolute atomic E-state index is 12.2. The number of nitrogens with two attached hydrogens (primary N) is 1. The van der Waals surface area contributed by atoms with Gasteiger partial charge in [-0.2, -0.15) is 0 Å². The van der Waals surface area contributed by atoms with E-state index in [0.717, 1.165) is 4.90 Å². The summed E-state index contributed by atoms with van der Waals surface area (Å²) in [5.74, 6) is 2.02. The van der Waals surface area contributed by atoms with Crippen LogP contribution in [0.15, 0.2) is 45.4 Å². The van der Waals surface area contributed by atoms with Crippen molar-refractivity contribution >= 4 is 38.8 Å². The van der Waals surface area contributed by atoms with Crippen molar-refractivity contribution < 1.29 is 22.3 Å². The molecule has 0 amide bonds. The van der Waals surface area contributed by atoms with Crippen LogP contribution in [0.4, 0.5) is 5.82 Å². The average molecular weight is 532 g/mol. The zero-order chi connectivity index (χ0) is 25.3. The third-order valence-corrected chi connectivity index (χ3v) is 8.10. The Morgan fingerprint density at radius 1 is 1.19 bits per heavy atom. The predicted octanol–water partition coefficient (Wildman–Crippen LogP) is 2.91. The first-order valence-electron chi connectivity index (χ1n) is 11.3. The zero-order valence-corrected chi connectivity index (χ0v) is 21.3. The average Bonchev–Trinajstić information content (AvgIpc) is 3.56. The van der Waals surface area contributed by atoms with Crippen molar-refractivity contribution in [3.05, 3.63) is 30.9 Å². The number of nitrogens with one attached hydrogen (secondary N) is 1. The van der Waals surface area contributed by atoms with Gasteiger partial charge >= 0.3 is 0 Å². The number of imidazole rings is 1. The van der Waals surface area contributed by atoms with Crippen LogP contribution in [-0.4, -0.2) is 52.0 Å². The number of hydrogen-bond acceptors (Lipinski definition) is 11. The summed E-state index contributed by atoms with van der Waals surface area (Å²) in [6, 6.07) is 3.67. The first kappa shape index (κ1) is 24.3. The minimum absolute atomic E-state index is 0.0438. The van der Waals surface area contributed by atoms with Crippen molar-refractivity contribution in [3.63, 3.8) is 0 Å². The molecule has 0 saturated heterocycles. The monoisotopic (exact) mass is 531 g/mol. The minimum atomic E-state index is -3.34.